The van der Waals surface area contributed by atoms with E-state index in [1.807, 2.05) is 13.8 Å². The Morgan fingerprint density at radius 3 is 2.28 bits per heavy atom. The van der Waals surface area contributed by atoms with Crippen LogP contribution in [0.1, 0.15) is 43.1 Å². The van der Waals surface area contributed by atoms with Gasteiger partial charge in [0.1, 0.15) is 5.82 Å². The average molecular weight is 462 g/mol. The quantitative estimate of drug-likeness (QED) is 0.529. The summed E-state index contributed by atoms with van der Waals surface area (Å²) >= 11 is 6.03. The van der Waals surface area contributed by atoms with Gasteiger partial charge in [-0.2, -0.15) is 0 Å². The molecule has 0 aliphatic carbocycles. The predicted molar refractivity (Wildman–Crippen MR) is 118 cm³/mol. The molecule has 1 aromatic carbocycles. The van der Waals surface area contributed by atoms with Gasteiger partial charge in [-0.05, 0) is 57.0 Å². The van der Waals surface area contributed by atoms with Crippen molar-refractivity contribution in [3.63, 3.8) is 0 Å². The summed E-state index contributed by atoms with van der Waals surface area (Å²) in [5.74, 6) is -2.00. The number of piperidine rings is 1. The SMILES string of the molecule is CC(C)NC(=O)C1CCN(C(=O)C(C(=O)c2ccc(F)cc2)n2cc(Cl)ccc2=O)CC1. The number of likely N-dealkylation sites (tertiary alicyclic amines) is 1. The van der Waals surface area contributed by atoms with E-state index >= 15 is 0 Å². The average Bonchev–Trinajstić information content (AvgIpc) is 2.76. The summed E-state index contributed by atoms with van der Waals surface area (Å²) in [5, 5.41) is 3.07. The highest BCUT2D eigenvalue weighted by Gasteiger charge is 2.36. The Hall–Kier alpha value is -3.00. The van der Waals surface area contributed by atoms with E-state index < -0.39 is 29.1 Å². The van der Waals surface area contributed by atoms with Crippen LogP contribution in [-0.2, 0) is 9.59 Å². The van der Waals surface area contributed by atoms with Crippen LogP contribution in [0.3, 0.4) is 0 Å². The highest BCUT2D eigenvalue weighted by atomic mass is 35.5. The Balaban J connectivity index is 1.87. The zero-order chi connectivity index (χ0) is 23.4. The van der Waals surface area contributed by atoms with Crippen LogP contribution in [0.4, 0.5) is 4.39 Å². The normalized spacial score (nSPS) is 15.5. The van der Waals surface area contributed by atoms with E-state index in [9.17, 15) is 23.6 Å². The molecule has 1 N–H and O–H groups in total. The molecule has 1 atom stereocenters. The van der Waals surface area contributed by atoms with Gasteiger partial charge in [0.2, 0.25) is 5.91 Å². The van der Waals surface area contributed by atoms with Crippen LogP contribution >= 0.6 is 11.6 Å². The maximum atomic E-state index is 13.4. The number of hydrogen-bond donors (Lipinski definition) is 1. The molecule has 1 unspecified atom stereocenters. The van der Waals surface area contributed by atoms with Gasteiger partial charge in [-0.3, -0.25) is 23.7 Å². The summed E-state index contributed by atoms with van der Waals surface area (Å²) in [6, 6.07) is 5.89. The van der Waals surface area contributed by atoms with Crippen molar-refractivity contribution in [1.82, 2.24) is 14.8 Å². The zero-order valence-corrected chi connectivity index (χ0v) is 18.6. The summed E-state index contributed by atoms with van der Waals surface area (Å²) in [6.45, 7) is 4.31. The Bertz CT molecular complexity index is 1060. The first-order valence-electron chi connectivity index (χ1n) is 10.4. The Labute approximate surface area is 190 Å². The molecule has 0 bridgehead atoms. The van der Waals surface area contributed by atoms with Crippen molar-refractivity contribution in [1.29, 1.82) is 0 Å². The lowest BCUT2D eigenvalue weighted by atomic mass is 9.94. The number of benzene rings is 1. The molecule has 1 fully saturated rings. The van der Waals surface area contributed by atoms with Gasteiger partial charge in [-0.15, -0.1) is 0 Å². The van der Waals surface area contributed by atoms with Gasteiger partial charge in [-0.1, -0.05) is 11.6 Å². The molecule has 1 aliphatic rings. The zero-order valence-electron chi connectivity index (χ0n) is 17.9. The fraction of sp³-hybridized carbons (Fsp3) is 0.391. The van der Waals surface area contributed by atoms with Gasteiger partial charge < -0.3 is 10.2 Å². The molecule has 1 aromatic heterocycles. The van der Waals surface area contributed by atoms with Crippen molar-refractivity contribution in [2.45, 2.75) is 38.8 Å². The first-order chi connectivity index (χ1) is 15.2. The first kappa shape index (κ1) is 23.7. The number of Topliss-reactive ketones (excluding diaryl/α,β-unsaturated/α-hetero) is 1. The second-order valence-electron chi connectivity index (χ2n) is 8.13. The lowest BCUT2D eigenvalue weighted by Crippen LogP contribution is -2.48. The maximum absolute atomic E-state index is 13.4. The van der Waals surface area contributed by atoms with E-state index in [1.165, 1.54) is 35.4 Å². The molecule has 7 nitrogen and oxygen atoms in total. The van der Waals surface area contributed by atoms with Gasteiger partial charge in [0, 0.05) is 42.9 Å². The second kappa shape index (κ2) is 10.1. The third-order valence-electron chi connectivity index (χ3n) is 5.40. The third-order valence-corrected chi connectivity index (χ3v) is 5.62. The number of carbonyl (C=O) groups excluding carboxylic acids is 3. The van der Waals surface area contributed by atoms with Crippen molar-refractivity contribution in [2.24, 2.45) is 5.92 Å². The summed E-state index contributed by atoms with van der Waals surface area (Å²) < 4.78 is 14.3. The summed E-state index contributed by atoms with van der Waals surface area (Å²) in [6.07, 6.45) is 2.15. The fourth-order valence-corrected chi connectivity index (χ4v) is 3.91. The molecule has 0 saturated carbocycles. The topological polar surface area (TPSA) is 88.5 Å². The van der Waals surface area contributed by atoms with Gasteiger partial charge >= 0.3 is 0 Å². The van der Waals surface area contributed by atoms with Crippen LogP contribution in [-0.4, -0.2) is 46.2 Å². The number of aromatic nitrogens is 1. The first-order valence-corrected chi connectivity index (χ1v) is 10.8. The van der Waals surface area contributed by atoms with Crippen LogP contribution in [0, 0.1) is 11.7 Å². The van der Waals surface area contributed by atoms with Crippen LogP contribution in [0.2, 0.25) is 5.02 Å². The standard InChI is InChI=1S/C23H25ClFN3O4/c1-14(2)26-22(31)16-9-11-27(12-10-16)23(32)20(28-13-17(24)5-8-19(28)29)21(30)15-3-6-18(25)7-4-15/h3-8,13-14,16,20H,9-12H2,1-2H3,(H,26,31). The predicted octanol–water partition coefficient (Wildman–Crippen LogP) is 2.83. The van der Waals surface area contributed by atoms with Gasteiger partial charge in [0.05, 0.1) is 5.02 Å². The molecule has 3 rings (SSSR count). The van der Waals surface area contributed by atoms with Gasteiger partial charge in [-0.25, -0.2) is 4.39 Å². The molecule has 1 aliphatic heterocycles. The minimum Gasteiger partial charge on any atom is -0.354 e. The van der Waals surface area contributed by atoms with Crippen molar-refractivity contribution in [3.8, 4) is 0 Å². The highest BCUT2D eigenvalue weighted by molar-refractivity contribution is 6.30. The van der Waals surface area contributed by atoms with E-state index in [0.29, 0.717) is 12.8 Å². The molecule has 0 spiro atoms. The summed E-state index contributed by atoms with van der Waals surface area (Å²) in [5.41, 5.74) is -0.461. The number of hydrogen-bond acceptors (Lipinski definition) is 4. The lowest BCUT2D eigenvalue weighted by molar-refractivity contribution is -0.137. The molecule has 170 valence electrons. The van der Waals surface area contributed by atoms with Crippen molar-refractivity contribution < 1.29 is 18.8 Å². The number of ketones is 1. The molecular weight excluding hydrogens is 437 g/mol. The van der Waals surface area contributed by atoms with E-state index in [1.54, 1.807) is 0 Å². The number of nitrogens with one attached hydrogen (secondary N) is 1. The number of pyridine rings is 1. The summed E-state index contributed by atoms with van der Waals surface area (Å²) in [4.78, 5) is 53.0. The van der Waals surface area contributed by atoms with Crippen molar-refractivity contribution in [3.05, 3.63) is 69.4 Å². The van der Waals surface area contributed by atoms with Crippen LogP contribution in [0.15, 0.2) is 47.4 Å². The number of nitrogens with zero attached hydrogens (tertiary/aromatic N) is 2. The monoisotopic (exact) mass is 461 g/mol. The largest absolute Gasteiger partial charge is 0.354 e. The minimum atomic E-state index is -1.48. The molecule has 32 heavy (non-hydrogen) atoms. The lowest BCUT2D eigenvalue weighted by Gasteiger charge is -2.34. The van der Waals surface area contributed by atoms with E-state index in [4.69, 9.17) is 11.6 Å². The molecule has 2 amide bonds. The van der Waals surface area contributed by atoms with Crippen LogP contribution in [0.25, 0.3) is 0 Å². The number of rotatable bonds is 6. The molecule has 2 aromatic rings. The number of halogens is 2. The summed E-state index contributed by atoms with van der Waals surface area (Å²) in [7, 11) is 0. The maximum Gasteiger partial charge on any atom is 0.253 e. The van der Waals surface area contributed by atoms with Gasteiger partial charge in [0.15, 0.2) is 11.8 Å². The molecule has 0 radical (unpaired) electrons. The van der Waals surface area contributed by atoms with E-state index in [-0.39, 0.29) is 41.5 Å². The fourth-order valence-electron chi connectivity index (χ4n) is 3.75. The van der Waals surface area contributed by atoms with Crippen molar-refractivity contribution in [2.75, 3.05) is 13.1 Å². The molecule has 2 heterocycles. The minimum absolute atomic E-state index is 0.0228. The Morgan fingerprint density at radius 2 is 1.69 bits per heavy atom. The van der Waals surface area contributed by atoms with Gasteiger partial charge in [0.25, 0.3) is 11.5 Å². The number of carbonyl (C=O) groups is 3. The Morgan fingerprint density at radius 1 is 1.06 bits per heavy atom. The molecular formula is C23H25ClFN3O4. The second-order valence-corrected chi connectivity index (χ2v) is 8.57. The smallest absolute Gasteiger partial charge is 0.253 e. The molecule has 9 heteroatoms. The van der Waals surface area contributed by atoms with E-state index in [2.05, 4.69) is 5.32 Å². The highest BCUT2D eigenvalue weighted by Crippen LogP contribution is 2.23. The molecule has 1 saturated heterocycles. The Kier molecular flexibility index (Phi) is 7.45. The van der Waals surface area contributed by atoms with Crippen LogP contribution < -0.4 is 10.9 Å². The third kappa shape index (κ3) is 5.43. The van der Waals surface area contributed by atoms with Crippen molar-refractivity contribution >= 4 is 29.2 Å². The van der Waals surface area contributed by atoms with Crippen LogP contribution in [0.5, 0.6) is 0 Å². The number of amides is 2. The van der Waals surface area contributed by atoms with E-state index in [0.717, 1.165) is 16.7 Å².